The topological polar surface area (TPSA) is 71.0 Å². The first-order chi connectivity index (χ1) is 11.2. The predicted octanol–water partition coefficient (Wildman–Crippen LogP) is 2.33. The van der Waals surface area contributed by atoms with Crippen LogP contribution in [0.25, 0.3) is 0 Å². The molecule has 1 aliphatic rings. The number of nitrogens with two attached hydrogens (primary N) is 1. The predicted molar refractivity (Wildman–Crippen MR) is 90.8 cm³/mol. The Morgan fingerprint density at radius 1 is 0.870 bits per heavy atom. The second kappa shape index (κ2) is 6.87. The number of amides is 1. The number of benzene rings is 2. The summed E-state index contributed by atoms with van der Waals surface area (Å²) in [5.41, 5.74) is 8.01. The van der Waals surface area contributed by atoms with Crippen LogP contribution in [0.1, 0.15) is 17.5 Å². The van der Waals surface area contributed by atoms with Gasteiger partial charge in [-0.2, -0.15) is 9.98 Å². The molecule has 2 aromatic carbocycles. The Kier molecular flexibility index (Phi) is 4.47. The molecule has 23 heavy (non-hydrogen) atoms. The molecule has 3 rings (SSSR count). The van der Waals surface area contributed by atoms with Gasteiger partial charge in [-0.3, -0.25) is 4.79 Å². The maximum atomic E-state index is 11.7. The Bertz CT molecular complexity index is 697. The maximum absolute atomic E-state index is 11.7. The second-order valence-electron chi connectivity index (χ2n) is 5.41. The lowest BCUT2D eigenvalue weighted by atomic mass is 10.1. The monoisotopic (exact) mass is 306 g/mol. The van der Waals surface area contributed by atoms with Gasteiger partial charge in [0.05, 0.1) is 6.42 Å². The summed E-state index contributed by atoms with van der Waals surface area (Å²) in [6, 6.07) is 20.1. The van der Waals surface area contributed by atoms with Gasteiger partial charge in [0.2, 0.25) is 5.96 Å². The van der Waals surface area contributed by atoms with E-state index in [9.17, 15) is 4.79 Å². The van der Waals surface area contributed by atoms with Crippen molar-refractivity contribution in [1.29, 1.82) is 0 Å². The van der Waals surface area contributed by atoms with E-state index in [-0.39, 0.29) is 12.3 Å². The Balaban J connectivity index is 1.88. The van der Waals surface area contributed by atoms with Gasteiger partial charge >= 0.3 is 0 Å². The third kappa shape index (κ3) is 4.03. The number of amidine groups is 1. The highest BCUT2D eigenvalue weighted by molar-refractivity contribution is 6.12. The van der Waals surface area contributed by atoms with Crippen molar-refractivity contribution in [1.82, 2.24) is 4.90 Å². The molecule has 0 fully saturated rings. The third-order valence-electron chi connectivity index (χ3n) is 3.52. The number of carbonyl (C=O) groups is 1. The van der Waals surface area contributed by atoms with Crippen molar-refractivity contribution < 1.29 is 4.79 Å². The molecular formula is C18H18N4O. The van der Waals surface area contributed by atoms with Crippen molar-refractivity contribution in [3.05, 3.63) is 71.8 Å². The van der Waals surface area contributed by atoms with Crippen LogP contribution < -0.4 is 5.73 Å². The summed E-state index contributed by atoms with van der Waals surface area (Å²) < 4.78 is 0. The standard InChI is InChI=1S/C18H18N4O/c19-16-11-17(23)21-18(20-16)22(12-14-7-3-1-4-8-14)13-15-9-5-2-6-10-15/h1-10H,11-13H2,(H2,19,20,21,23). The summed E-state index contributed by atoms with van der Waals surface area (Å²) in [5, 5.41) is 0. The number of nitrogens with zero attached hydrogens (tertiary/aromatic N) is 3. The molecule has 0 unspecified atom stereocenters. The zero-order valence-electron chi connectivity index (χ0n) is 12.7. The van der Waals surface area contributed by atoms with Crippen molar-refractivity contribution in [2.24, 2.45) is 15.7 Å². The molecule has 0 saturated heterocycles. The van der Waals surface area contributed by atoms with E-state index in [0.29, 0.717) is 24.9 Å². The highest BCUT2D eigenvalue weighted by Gasteiger charge is 2.19. The van der Waals surface area contributed by atoms with Crippen LogP contribution in [0.4, 0.5) is 0 Å². The minimum absolute atomic E-state index is 0.0913. The molecule has 0 saturated carbocycles. The van der Waals surface area contributed by atoms with Crippen LogP contribution in [-0.4, -0.2) is 22.6 Å². The number of hydrogen-bond acceptors (Lipinski definition) is 4. The van der Waals surface area contributed by atoms with Crippen molar-refractivity contribution in [2.75, 3.05) is 0 Å². The SMILES string of the molecule is NC1=NC(N(Cc2ccccc2)Cc2ccccc2)=NC(=O)C1. The summed E-state index contributed by atoms with van der Waals surface area (Å²) >= 11 is 0. The van der Waals surface area contributed by atoms with E-state index in [1.54, 1.807) is 0 Å². The average molecular weight is 306 g/mol. The highest BCUT2D eigenvalue weighted by Crippen LogP contribution is 2.13. The van der Waals surface area contributed by atoms with Crippen molar-refractivity contribution in [2.45, 2.75) is 19.5 Å². The molecule has 2 N–H and O–H groups in total. The molecule has 0 aliphatic carbocycles. The van der Waals surface area contributed by atoms with E-state index < -0.39 is 0 Å². The molecule has 1 heterocycles. The van der Waals surface area contributed by atoms with E-state index in [0.717, 1.165) is 11.1 Å². The molecule has 1 amide bonds. The second-order valence-corrected chi connectivity index (χ2v) is 5.41. The van der Waals surface area contributed by atoms with Gasteiger partial charge in [-0.05, 0) is 11.1 Å². The first-order valence-corrected chi connectivity index (χ1v) is 7.48. The molecule has 1 aliphatic heterocycles. The first kappa shape index (κ1) is 15.0. The fraction of sp³-hybridized carbons (Fsp3) is 0.167. The molecule has 116 valence electrons. The number of aliphatic imine (C=N–C) groups is 2. The normalized spacial score (nSPS) is 14.2. The van der Waals surface area contributed by atoms with E-state index >= 15 is 0 Å². The van der Waals surface area contributed by atoms with Gasteiger partial charge in [-0.25, -0.2) is 0 Å². The highest BCUT2D eigenvalue weighted by atomic mass is 16.1. The van der Waals surface area contributed by atoms with Crippen molar-refractivity contribution >= 4 is 17.7 Å². The maximum Gasteiger partial charge on any atom is 0.256 e. The molecule has 2 aromatic rings. The van der Waals surface area contributed by atoms with Crippen LogP contribution in [0, 0.1) is 0 Å². The lowest BCUT2D eigenvalue weighted by Gasteiger charge is -2.25. The van der Waals surface area contributed by atoms with E-state index in [2.05, 4.69) is 9.98 Å². The zero-order valence-corrected chi connectivity index (χ0v) is 12.7. The van der Waals surface area contributed by atoms with Crippen molar-refractivity contribution in [3.63, 3.8) is 0 Å². The summed E-state index contributed by atoms with van der Waals surface area (Å²) in [5.74, 6) is 0.441. The van der Waals surface area contributed by atoms with E-state index in [1.165, 1.54) is 0 Å². The summed E-state index contributed by atoms with van der Waals surface area (Å²) in [6.07, 6.45) is 0.0913. The number of hydrogen-bond donors (Lipinski definition) is 1. The smallest absolute Gasteiger partial charge is 0.256 e. The van der Waals surface area contributed by atoms with E-state index in [1.807, 2.05) is 65.6 Å². The fourth-order valence-corrected chi connectivity index (χ4v) is 2.45. The van der Waals surface area contributed by atoms with Crippen molar-refractivity contribution in [3.8, 4) is 0 Å². The lowest BCUT2D eigenvalue weighted by Crippen LogP contribution is -2.34. The largest absolute Gasteiger partial charge is 0.387 e. The lowest BCUT2D eigenvalue weighted by molar-refractivity contribution is -0.116. The zero-order chi connectivity index (χ0) is 16.1. The quantitative estimate of drug-likeness (QED) is 0.942. The minimum atomic E-state index is -0.251. The first-order valence-electron chi connectivity index (χ1n) is 7.48. The van der Waals surface area contributed by atoms with E-state index in [4.69, 9.17) is 5.73 Å². The summed E-state index contributed by atoms with van der Waals surface area (Å²) in [7, 11) is 0. The van der Waals surface area contributed by atoms with Gasteiger partial charge < -0.3 is 10.6 Å². The van der Waals surface area contributed by atoms with Gasteiger partial charge in [0.1, 0.15) is 5.84 Å². The van der Waals surface area contributed by atoms with Crippen LogP contribution in [-0.2, 0) is 17.9 Å². The minimum Gasteiger partial charge on any atom is -0.387 e. The third-order valence-corrected chi connectivity index (χ3v) is 3.52. The number of guanidine groups is 1. The summed E-state index contributed by atoms with van der Waals surface area (Å²) in [6.45, 7) is 1.22. The van der Waals surface area contributed by atoms with Crippen LogP contribution >= 0.6 is 0 Å². The van der Waals surface area contributed by atoms with Crippen LogP contribution in [0.15, 0.2) is 70.6 Å². The molecule has 0 bridgehead atoms. The molecule has 0 spiro atoms. The van der Waals surface area contributed by atoms with Gasteiger partial charge in [0.15, 0.2) is 0 Å². The summed E-state index contributed by atoms with van der Waals surface area (Å²) in [4.78, 5) is 22.0. The van der Waals surface area contributed by atoms with Gasteiger partial charge in [-0.15, -0.1) is 0 Å². The Labute approximate surface area is 135 Å². The molecule has 0 aromatic heterocycles. The van der Waals surface area contributed by atoms with Gasteiger partial charge in [-0.1, -0.05) is 60.7 Å². The van der Waals surface area contributed by atoms with Gasteiger partial charge in [0, 0.05) is 13.1 Å². The number of carbonyl (C=O) groups excluding carboxylic acids is 1. The molecular weight excluding hydrogens is 288 g/mol. The molecule has 0 radical (unpaired) electrons. The molecule has 5 nitrogen and oxygen atoms in total. The van der Waals surface area contributed by atoms with Gasteiger partial charge in [0.25, 0.3) is 5.91 Å². The molecule has 0 atom stereocenters. The molecule has 5 heteroatoms. The number of rotatable bonds is 4. The Morgan fingerprint density at radius 2 is 1.39 bits per heavy atom. The Hall–Kier alpha value is -2.95. The fourth-order valence-electron chi connectivity index (χ4n) is 2.45. The van der Waals surface area contributed by atoms with Crippen LogP contribution in [0.3, 0.4) is 0 Å². The van der Waals surface area contributed by atoms with Crippen LogP contribution in [0.5, 0.6) is 0 Å². The van der Waals surface area contributed by atoms with Crippen LogP contribution in [0.2, 0.25) is 0 Å². The Morgan fingerprint density at radius 3 is 1.87 bits per heavy atom. The average Bonchev–Trinajstić information content (AvgIpc) is 2.55.